The van der Waals surface area contributed by atoms with Crippen molar-refractivity contribution in [2.75, 3.05) is 12.4 Å². The summed E-state index contributed by atoms with van der Waals surface area (Å²) in [6, 6.07) is 0. The summed E-state index contributed by atoms with van der Waals surface area (Å²) < 4.78 is 11.5. The Morgan fingerprint density at radius 1 is 1.86 bits per heavy atom. The number of hydrogen-bond donors (Lipinski definition) is 1. The Morgan fingerprint density at radius 3 is 2.57 bits per heavy atom. The summed E-state index contributed by atoms with van der Waals surface area (Å²) in [6.07, 6.45) is 0. The van der Waals surface area contributed by atoms with Crippen LogP contribution in [0.15, 0.2) is 0 Å². The molecule has 0 aromatic rings. The van der Waals surface area contributed by atoms with Gasteiger partial charge in [0, 0.05) is 5.75 Å². The Kier molecular flexibility index (Phi) is 4.44. The van der Waals surface area contributed by atoms with Crippen LogP contribution in [0.25, 0.3) is 0 Å². The van der Waals surface area contributed by atoms with E-state index in [-0.39, 0.29) is 6.67 Å². The molecule has 0 spiro atoms. The van der Waals surface area contributed by atoms with Crippen LogP contribution in [0.1, 0.15) is 0 Å². The average Bonchev–Trinajstić information content (AvgIpc) is 1.61. The molecule has 0 amide bonds. The summed E-state index contributed by atoms with van der Waals surface area (Å²) in [5.41, 5.74) is 5.01. The second-order valence-corrected chi connectivity index (χ2v) is 2.69. The first-order valence-electron chi connectivity index (χ1n) is 1.75. The van der Waals surface area contributed by atoms with Crippen molar-refractivity contribution in [3.05, 3.63) is 0 Å². The van der Waals surface area contributed by atoms with Gasteiger partial charge in [0.15, 0.2) is 0 Å². The topological polar surface area (TPSA) is 26.0 Å². The van der Waals surface area contributed by atoms with Gasteiger partial charge in [-0.25, -0.2) is 0 Å². The first-order valence-corrected chi connectivity index (χ1v) is 3.15. The summed E-state index contributed by atoms with van der Waals surface area (Å²) >= 11 is 5.60. The second-order valence-electron chi connectivity index (χ2n) is 0.856. The lowest BCUT2D eigenvalue weighted by atomic mass is 10.9. The van der Waals surface area contributed by atoms with Gasteiger partial charge in [0.25, 0.3) is 0 Å². The molecule has 0 aromatic carbocycles. The van der Waals surface area contributed by atoms with Crippen molar-refractivity contribution in [2.24, 2.45) is 5.73 Å². The lowest BCUT2D eigenvalue weighted by Crippen LogP contribution is -2.02. The van der Waals surface area contributed by atoms with E-state index in [9.17, 15) is 4.39 Å². The van der Waals surface area contributed by atoms with Gasteiger partial charge in [-0.3, -0.25) is 4.39 Å². The van der Waals surface area contributed by atoms with Crippen molar-refractivity contribution >= 4 is 28.3 Å². The van der Waals surface area contributed by atoms with E-state index in [4.69, 9.17) is 5.73 Å². The van der Waals surface area contributed by atoms with E-state index in [1.165, 1.54) is 11.8 Å². The van der Waals surface area contributed by atoms with Gasteiger partial charge in [-0.2, -0.15) is 0 Å². The van der Waals surface area contributed by atoms with Gasteiger partial charge in [0.05, 0.1) is 6.67 Å². The molecule has 0 saturated heterocycles. The number of halogens is 1. The van der Waals surface area contributed by atoms with Crippen LogP contribution in [0.3, 0.4) is 0 Å². The van der Waals surface area contributed by atoms with E-state index in [0.717, 1.165) is 0 Å². The second kappa shape index (κ2) is 4.33. The van der Waals surface area contributed by atoms with E-state index < -0.39 is 0 Å². The minimum absolute atomic E-state index is 0.317. The fourth-order valence-electron chi connectivity index (χ4n) is 0.139. The Balaban J connectivity index is 2.82. The van der Waals surface area contributed by atoms with Gasteiger partial charge in [-0.15, -0.1) is 0 Å². The number of thioether (sulfide) groups is 1. The highest BCUT2D eigenvalue weighted by molar-refractivity contribution is 8.22. The monoisotopic (exact) mass is 139 g/mol. The molecule has 42 valence electrons. The Morgan fingerprint density at radius 2 is 2.43 bits per heavy atom. The van der Waals surface area contributed by atoms with Gasteiger partial charge in [-0.05, 0) is 0 Å². The van der Waals surface area contributed by atoms with Gasteiger partial charge < -0.3 is 5.73 Å². The predicted octanol–water partition coefficient (Wildman–Crippen LogP) is 0.933. The lowest BCUT2D eigenvalue weighted by Gasteiger charge is -1.88. The van der Waals surface area contributed by atoms with Crippen LogP contribution in [0.4, 0.5) is 4.39 Å². The Bertz CT molecular complexity index is 66.0. The van der Waals surface area contributed by atoms with Crippen molar-refractivity contribution in [3.63, 3.8) is 0 Å². The highest BCUT2D eigenvalue weighted by Crippen LogP contribution is 1.97. The molecule has 0 saturated carbocycles. The minimum atomic E-state index is -0.359. The number of hydrogen-bond acceptors (Lipinski definition) is 2. The SMILES string of the molecule is NC(=S)SCCF. The molecule has 2 N–H and O–H groups in total. The van der Waals surface area contributed by atoms with E-state index >= 15 is 0 Å². The van der Waals surface area contributed by atoms with Crippen LogP contribution in [-0.2, 0) is 0 Å². The van der Waals surface area contributed by atoms with Crippen molar-refractivity contribution < 1.29 is 4.39 Å². The summed E-state index contributed by atoms with van der Waals surface area (Å²) in [4.78, 5) is 0. The summed E-state index contributed by atoms with van der Waals surface area (Å²) in [7, 11) is 0. The van der Waals surface area contributed by atoms with Crippen molar-refractivity contribution in [1.82, 2.24) is 0 Å². The normalized spacial score (nSPS) is 8.71. The van der Waals surface area contributed by atoms with Crippen molar-refractivity contribution in [1.29, 1.82) is 0 Å². The number of rotatable bonds is 2. The summed E-state index contributed by atoms with van der Waals surface area (Å²) in [6.45, 7) is -0.359. The smallest absolute Gasteiger partial charge is 0.131 e. The van der Waals surface area contributed by atoms with Gasteiger partial charge >= 0.3 is 0 Å². The standard InChI is InChI=1S/C3H6FNS2/c4-1-2-7-3(5)6/h1-2H2,(H2,5,6). The molecule has 0 aromatic heterocycles. The molecule has 0 heterocycles. The molecule has 0 aliphatic rings. The predicted molar refractivity (Wildman–Crippen MR) is 35.2 cm³/mol. The number of nitrogens with two attached hydrogens (primary N) is 1. The van der Waals surface area contributed by atoms with Crippen LogP contribution in [0.5, 0.6) is 0 Å². The van der Waals surface area contributed by atoms with Crippen molar-refractivity contribution in [2.45, 2.75) is 0 Å². The first kappa shape index (κ1) is 7.17. The zero-order valence-corrected chi connectivity index (χ0v) is 5.32. The maximum atomic E-state index is 11.2. The highest BCUT2D eigenvalue weighted by atomic mass is 32.2. The summed E-state index contributed by atoms with van der Waals surface area (Å²) in [5.74, 6) is 0.384. The quantitative estimate of drug-likeness (QED) is 0.576. The van der Waals surface area contributed by atoms with Crippen LogP contribution >= 0.6 is 24.0 Å². The average molecular weight is 139 g/mol. The van der Waals surface area contributed by atoms with E-state index in [2.05, 4.69) is 12.2 Å². The molecule has 0 radical (unpaired) electrons. The third-order valence-corrected chi connectivity index (χ3v) is 1.32. The lowest BCUT2D eigenvalue weighted by molar-refractivity contribution is 0.533. The van der Waals surface area contributed by atoms with Gasteiger partial charge in [0.1, 0.15) is 4.32 Å². The zero-order valence-electron chi connectivity index (χ0n) is 3.69. The van der Waals surface area contributed by atoms with Crippen LogP contribution < -0.4 is 5.73 Å². The highest BCUT2D eigenvalue weighted by Gasteiger charge is 1.86. The van der Waals surface area contributed by atoms with Crippen LogP contribution in [-0.4, -0.2) is 16.7 Å². The Hall–Kier alpha value is 0.170. The van der Waals surface area contributed by atoms with E-state index in [1.54, 1.807) is 0 Å². The third-order valence-electron chi connectivity index (χ3n) is 0.321. The Labute approximate surface area is 51.5 Å². The number of alkyl halides is 1. The molecule has 0 aliphatic carbocycles. The molecule has 0 fully saturated rings. The maximum absolute atomic E-state index is 11.2. The fourth-order valence-corrected chi connectivity index (χ4v) is 0.668. The first-order chi connectivity index (χ1) is 3.27. The van der Waals surface area contributed by atoms with E-state index in [0.29, 0.717) is 10.1 Å². The van der Waals surface area contributed by atoms with Crippen LogP contribution in [0, 0.1) is 0 Å². The third kappa shape index (κ3) is 6.17. The molecule has 1 nitrogen and oxygen atoms in total. The molecule has 0 bridgehead atoms. The zero-order chi connectivity index (χ0) is 5.70. The summed E-state index contributed by atoms with van der Waals surface area (Å²) in [5, 5.41) is 0. The van der Waals surface area contributed by atoms with E-state index in [1.807, 2.05) is 0 Å². The largest absolute Gasteiger partial charge is 0.385 e. The molecule has 0 atom stereocenters. The fraction of sp³-hybridized carbons (Fsp3) is 0.667. The molecular formula is C3H6FNS2. The van der Waals surface area contributed by atoms with Gasteiger partial charge in [0.2, 0.25) is 0 Å². The number of thiocarbonyl (C=S) groups is 1. The van der Waals surface area contributed by atoms with Crippen LogP contribution in [0.2, 0.25) is 0 Å². The molecule has 0 rings (SSSR count). The molecular weight excluding hydrogens is 133 g/mol. The molecule has 0 unspecified atom stereocenters. The minimum Gasteiger partial charge on any atom is -0.385 e. The molecule has 7 heavy (non-hydrogen) atoms. The molecule has 0 aliphatic heterocycles. The maximum Gasteiger partial charge on any atom is 0.131 e. The van der Waals surface area contributed by atoms with Crippen molar-refractivity contribution in [3.8, 4) is 0 Å². The van der Waals surface area contributed by atoms with Gasteiger partial charge in [-0.1, -0.05) is 24.0 Å². The molecule has 4 heteroatoms.